The van der Waals surface area contributed by atoms with Crippen molar-refractivity contribution in [3.63, 3.8) is 0 Å². The van der Waals surface area contributed by atoms with Crippen molar-refractivity contribution in [3.05, 3.63) is 58.9 Å². The lowest BCUT2D eigenvalue weighted by Gasteiger charge is -2.09. The SMILES string of the molecule is Cc1cccc(C)c1C(=O)NCc1cc[nH]c1. The fraction of sp³-hybridized carbons (Fsp3) is 0.214. The molecule has 88 valence electrons. The maximum Gasteiger partial charge on any atom is 0.252 e. The summed E-state index contributed by atoms with van der Waals surface area (Å²) in [7, 11) is 0. The Hall–Kier alpha value is -2.03. The third kappa shape index (κ3) is 2.56. The van der Waals surface area contributed by atoms with Crippen molar-refractivity contribution < 1.29 is 4.79 Å². The van der Waals surface area contributed by atoms with Crippen molar-refractivity contribution in [2.24, 2.45) is 0 Å². The van der Waals surface area contributed by atoms with E-state index >= 15 is 0 Å². The number of hydrogen-bond acceptors (Lipinski definition) is 1. The smallest absolute Gasteiger partial charge is 0.252 e. The van der Waals surface area contributed by atoms with Crippen LogP contribution in [-0.4, -0.2) is 10.9 Å². The lowest BCUT2D eigenvalue weighted by atomic mass is 10.0. The van der Waals surface area contributed by atoms with Crippen LogP contribution in [0.25, 0.3) is 0 Å². The van der Waals surface area contributed by atoms with Crippen molar-refractivity contribution in [1.29, 1.82) is 0 Å². The first-order valence-corrected chi connectivity index (χ1v) is 5.64. The van der Waals surface area contributed by atoms with Crippen molar-refractivity contribution >= 4 is 5.91 Å². The molecular formula is C14H16N2O. The quantitative estimate of drug-likeness (QED) is 0.833. The molecule has 1 heterocycles. The largest absolute Gasteiger partial charge is 0.367 e. The maximum absolute atomic E-state index is 12.1. The first kappa shape index (κ1) is 11.5. The van der Waals surface area contributed by atoms with Gasteiger partial charge >= 0.3 is 0 Å². The first-order chi connectivity index (χ1) is 8.18. The standard InChI is InChI=1S/C14H16N2O/c1-10-4-3-5-11(2)13(10)14(17)16-9-12-6-7-15-8-12/h3-8,15H,9H2,1-2H3,(H,16,17). The van der Waals surface area contributed by atoms with Gasteiger partial charge in [0.1, 0.15) is 0 Å². The molecule has 0 unspecified atom stereocenters. The summed E-state index contributed by atoms with van der Waals surface area (Å²) in [4.78, 5) is 15.0. The minimum absolute atomic E-state index is 0.0122. The number of aromatic amines is 1. The van der Waals surface area contributed by atoms with E-state index in [4.69, 9.17) is 0 Å². The summed E-state index contributed by atoms with van der Waals surface area (Å²) < 4.78 is 0. The van der Waals surface area contributed by atoms with Crippen LogP contribution in [0.2, 0.25) is 0 Å². The highest BCUT2D eigenvalue weighted by Gasteiger charge is 2.10. The molecule has 1 amide bonds. The number of carbonyl (C=O) groups excluding carboxylic acids is 1. The Morgan fingerprint density at radius 1 is 1.24 bits per heavy atom. The number of rotatable bonds is 3. The number of H-pyrrole nitrogens is 1. The molecule has 0 aliphatic heterocycles. The Balaban J connectivity index is 2.10. The zero-order chi connectivity index (χ0) is 12.3. The molecule has 2 rings (SSSR count). The summed E-state index contributed by atoms with van der Waals surface area (Å²) in [6, 6.07) is 7.83. The van der Waals surface area contributed by atoms with Gasteiger partial charge in [0, 0.05) is 24.5 Å². The summed E-state index contributed by atoms with van der Waals surface area (Å²) in [5.41, 5.74) is 3.88. The maximum atomic E-state index is 12.1. The van der Waals surface area contributed by atoms with E-state index in [9.17, 15) is 4.79 Å². The minimum Gasteiger partial charge on any atom is -0.367 e. The zero-order valence-electron chi connectivity index (χ0n) is 10.1. The molecule has 2 N–H and O–H groups in total. The van der Waals surface area contributed by atoms with Crippen molar-refractivity contribution in [1.82, 2.24) is 10.3 Å². The lowest BCUT2D eigenvalue weighted by molar-refractivity contribution is 0.0949. The summed E-state index contributed by atoms with van der Waals surface area (Å²) in [5, 5.41) is 2.92. The van der Waals surface area contributed by atoms with Gasteiger partial charge in [-0.2, -0.15) is 0 Å². The Morgan fingerprint density at radius 2 is 1.94 bits per heavy atom. The predicted octanol–water partition coefficient (Wildman–Crippen LogP) is 2.56. The van der Waals surface area contributed by atoms with Gasteiger partial charge in [0.05, 0.1) is 0 Å². The van der Waals surface area contributed by atoms with Crippen LogP contribution >= 0.6 is 0 Å². The topological polar surface area (TPSA) is 44.9 Å². The highest BCUT2D eigenvalue weighted by atomic mass is 16.1. The van der Waals surface area contributed by atoms with Crippen LogP contribution in [0.1, 0.15) is 27.0 Å². The number of nitrogens with one attached hydrogen (secondary N) is 2. The highest BCUT2D eigenvalue weighted by molar-refractivity contribution is 5.96. The molecule has 3 heteroatoms. The fourth-order valence-electron chi connectivity index (χ4n) is 1.91. The van der Waals surface area contributed by atoms with Crippen LogP contribution in [-0.2, 0) is 6.54 Å². The Bertz CT molecular complexity index is 495. The molecular weight excluding hydrogens is 212 g/mol. The van der Waals surface area contributed by atoms with Crippen LogP contribution in [0, 0.1) is 13.8 Å². The number of aryl methyl sites for hydroxylation is 2. The van der Waals surface area contributed by atoms with Gasteiger partial charge in [-0.25, -0.2) is 0 Å². The second kappa shape index (κ2) is 4.87. The molecule has 0 aliphatic rings. The van der Waals surface area contributed by atoms with E-state index in [-0.39, 0.29) is 5.91 Å². The van der Waals surface area contributed by atoms with E-state index in [1.807, 2.05) is 50.5 Å². The van der Waals surface area contributed by atoms with Gasteiger partial charge < -0.3 is 10.3 Å². The summed E-state index contributed by atoms with van der Waals surface area (Å²) in [6.45, 7) is 4.46. The van der Waals surface area contributed by atoms with Crippen molar-refractivity contribution in [2.45, 2.75) is 20.4 Å². The van der Waals surface area contributed by atoms with Crippen LogP contribution < -0.4 is 5.32 Å². The summed E-state index contributed by atoms with van der Waals surface area (Å²) in [5.74, 6) is -0.0122. The molecule has 0 bridgehead atoms. The number of carbonyl (C=O) groups is 1. The molecule has 0 atom stereocenters. The molecule has 0 saturated heterocycles. The predicted molar refractivity (Wildman–Crippen MR) is 67.9 cm³/mol. The van der Waals surface area contributed by atoms with Gasteiger partial charge in [0.2, 0.25) is 0 Å². The van der Waals surface area contributed by atoms with Gasteiger partial charge in [0.25, 0.3) is 5.91 Å². The Kier molecular flexibility index (Phi) is 3.28. The summed E-state index contributed by atoms with van der Waals surface area (Å²) in [6.07, 6.45) is 3.73. The van der Waals surface area contributed by atoms with E-state index in [2.05, 4.69) is 10.3 Å². The lowest BCUT2D eigenvalue weighted by Crippen LogP contribution is -2.24. The van der Waals surface area contributed by atoms with Crippen LogP contribution in [0.5, 0.6) is 0 Å². The molecule has 17 heavy (non-hydrogen) atoms. The Labute approximate surface area is 101 Å². The minimum atomic E-state index is -0.0122. The van der Waals surface area contributed by atoms with Crippen molar-refractivity contribution in [3.8, 4) is 0 Å². The van der Waals surface area contributed by atoms with Crippen LogP contribution in [0.3, 0.4) is 0 Å². The van der Waals surface area contributed by atoms with Gasteiger partial charge in [0.15, 0.2) is 0 Å². The third-order valence-corrected chi connectivity index (χ3v) is 2.82. The molecule has 0 radical (unpaired) electrons. The average molecular weight is 228 g/mol. The third-order valence-electron chi connectivity index (χ3n) is 2.82. The molecule has 2 aromatic rings. The second-order valence-corrected chi connectivity index (χ2v) is 4.17. The van der Waals surface area contributed by atoms with Gasteiger partial charge in [-0.3, -0.25) is 4.79 Å². The molecule has 0 saturated carbocycles. The zero-order valence-corrected chi connectivity index (χ0v) is 10.1. The van der Waals surface area contributed by atoms with E-state index in [0.29, 0.717) is 6.54 Å². The number of hydrogen-bond donors (Lipinski definition) is 2. The number of amides is 1. The molecule has 0 spiro atoms. The highest BCUT2D eigenvalue weighted by Crippen LogP contribution is 2.13. The average Bonchev–Trinajstić information content (AvgIpc) is 2.79. The van der Waals surface area contributed by atoms with E-state index in [1.54, 1.807) is 0 Å². The van der Waals surface area contributed by atoms with Crippen LogP contribution in [0.4, 0.5) is 0 Å². The van der Waals surface area contributed by atoms with Gasteiger partial charge in [-0.1, -0.05) is 18.2 Å². The van der Waals surface area contributed by atoms with E-state index in [1.165, 1.54) is 0 Å². The van der Waals surface area contributed by atoms with Gasteiger partial charge in [-0.05, 0) is 36.6 Å². The Morgan fingerprint density at radius 3 is 2.53 bits per heavy atom. The van der Waals surface area contributed by atoms with Gasteiger partial charge in [-0.15, -0.1) is 0 Å². The molecule has 1 aromatic heterocycles. The monoisotopic (exact) mass is 228 g/mol. The first-order valence-electron chi connectivity index (χ1n) is 5.64. The number of aromatic nitrogens is 1. The van der Waals surface area contributed by atoms with Crippen LogP contribution in [0.15, 0.2) is 36.7 Å². The fourth-order valence-corrected chi connectivity index (χ4v) is 1.91. The second-order valence-electron chi connectivity index (χ2n) is 4.17. The molecule has 0 fully saturated rings. The molecule has 0 aliphatic carbocycles. The normalized spacial score (nSPS) is 10.2. The number of benzene rings is 1. The summed E-state index contributed by atoms with van der Waals surface area (Å²) >= 11 is 0. The van der Waals surface area contributed by atoms with E-state index < -0.39 is 0 Å². The molecule has 1 aromatic carbocycles. The van der Waals surface area contributed by atoms with E-state index in [0.717, 1.165) is 22.3 Å². The van der Waals surface area contributed by atoms with Crippen molar-refractivity contribution in [2.75, 3.05) is 0 Å². The molecule has 3 nitrogen and oxygen atoms in total.